The number of carbonyl (C=O) groups is 2. The first kappa shape index (κ1) is 15.3. The van der Waals surface area contributed by atoms with Gasteiger partial charge >= 0.3 is 5.97 Å². The molecule has 4 heteroatoms. The van der Waals surface area contributed by atoms with Crippen LogP contribution in [0, 0.1) is 5.92 Å². The van der Waals surface area contributed by atoms with Crippen LogP contribution in [0.2, 0.25) is 0 Å². The first-order chi connectivity index (χ1) is 9.97. The van der Waals surface area contributed by atoms with Crippen LogP contribution in [0.25, 0.3) is 0 Å². The average molecular weight is 287 g/mol. The lowest BCUT2D eigenvalue weighted by Gasteiger charge is -2.28. The van der Waals surface area contributed by atoms with Gasteiger partial charge in [-0.15, -0.1) is 0 Å². The van der Waals surface area contributed by atoms with Gasteiger partial charge in [-0.2, -0.15) is 0 Å². The summed E-state index contributed by atoms with van der Waals surface area (Å²) >= 11 is 0. The van der Waals surface area contributed by atoms with Crippen LogP contribution in [0.5, 0.6) is 0 Å². The molecule has 0 spiro atoms. The second-order valence-electron chi connectivity index (χ2n) is 5.54. The van der Waals surface area contributed by atoms with E-state index < -0.39 is 0 Å². The molecule has 1 atom stereocenters. The zero-order chi connectivity index (χ0) is 15.6. The number of anilines is 1. The SMILES string of the molecule is COC(=O)CC1C(C(C)C)=C(C)C(=O)N1c1ccccc1. The van der Waals surface area contributed by atoms with Gasteiger partial charge in [0.2, 0.25) is 0 Å². The van der Waals surface area contributed by atoms with E-state index in [9.17, 15) is 9.59 Å². The van der Waals surface area contributed by atoms with Gasteiger partial charge in [0.1, 0.15) is 0 Å². The van der Waals surface area contributed by atoms with E-state index in [0.717, 1.165) is 16.8 Å². The Balaban J connectivity index is 2.44. The quantitative estimate of drug-likeness (QED) is 0.800. The van der Waals surface area contributed by atoms with Gasteiger partial charge in [0.15, 0.2) is 0 Å². The maximum absolute atomic E-state index is 12.6. The van der Waals surface area contributed by atoms with E-state index >= 15 is 0 Å². The molecule has 1 aromatic carbocycles. The number of hydrogen-bond donors (Lipinski definition) is 0. The third kappa shape index (κ3) is 2.84. The summed E-state index contributed by atoms with van der Waals surface area (Å²) in [6.07, 6.45) is 0.183. The number of amides is 1. The second-order valence-corrected chi connectivity index (χ2v) is 5.54. The molecular formula is C17H21NO3. The number of methoxy groups -OCH3 is 1. The summed E-state index contributed by atoms with van der Waals surface area (Å²) in [6, 6.07) is 9.20. The fraction of sp³-hybridized carbons (Fsp3) is 0.412. The van der Waals surface area contributed by atoms with E-state index in [-0.39, 0.29) is 30.3 Å². The van der Waals surface area contributed by atoms with Crippen molar-refractivity contribution >= 4 is 17.6 Å². The van der Waals surface area contributed by atoms with Gasteiger partial charge in [0.05, 0.1) is 19.6 Å². The summed E-state index contributed by atoms with van der Waals surface area (Å²) < 4.78 is 4.80. The van der Waals surface area contributed by atoms with Crippen molar-refractivity contribution in [3.8, 4) is 0 Å². The molecule has 1 amide bonds. The number of ether oxygens (including phenoxy) is 1. The highest BCUT2D eigenvalue weighted by Crippen LogP contribution is 2.36. The fourth-order valence-electron chi connectivity index (χ4n) is 2.98. The van der Waals surface area contributed by atoms with Crippen LogP contribution in [-0.4, -0.2) is 25.0 Å². The van der Waals surface area contributed by atoms with Crippen molar-refractivity contribution in [3.63, 3.8) is 0 Å². The molecular weight excluding hydrogens is 266 g/mol. The average Bonchev–Trinajstić information content (AvgIpc) is 2.71. The molecule has 21 heavy (non-hydrogen) atoms. The van der Waals surface area contributed by atoms with Crippen molar-refractivity contribution in [2.24, 2.45) is 5.92 Å². The van der Waals surface area contributed by atoms with Gasteiger partial charge in [-0.1, -0.05) is 32.0 Å². The van der Waals surface area contributed by atoms with Crippen LogP contribution in [0.3, 0.4) is 0 Å². The maximum Gasteiger partial charge on any atom is 0.307 e. The Kier molecular flexibility index (Phi) is 4.46. The number of hydrogen-bond acceptors (Lipinski definition) is 3. The van der Waals surface area contributed by atoms with E-state index in [1.165, 1.54) is 7.11 Å². The van der Waals surface area contributed by atoms with E-state index in [0.29, 0.717) is 0 Å². The Morgan fingerprint density at radius 3 is 2.43 bits per heavy atom. The predicted molar refractivity (Wildman–Crippen MR) is 81.9 cm³/mol. The molecule has 1 aliphatic heterocycles. The Bertz CT molecular complexity index is 575. The Morgan fingerprint density at radius 2 is 1.90 bits per heavy atom. The van der Waals surface area contributed by atoms with Gasteiger partial charge in [-0.25, -0.2) is 0 Å². The van der Waals surface area contributed by atoms with Gasteiger partial charge < -0.3 is 9.64 Å². The number of carbonyl (C=O) groups excluding carboxylic acids is 2. The number of benzene rings is 1. The molecule has 2 rings (SSSR count). The first-order valence-electron chi connectivity index (χ1n) is 7.13. The lowest BCUT2D eigenvalue weighted by Crippen LogP contribution is -2.38. The maximum atomic E-state index is 12.6. The third-order valence-corrected chi connectivity index (χ3v) is 3.89. The summed E-state index contributed by atoms with van der Waals surface area (Å²) in [5.41, 5.74) is 2.57. The number of esters is 1. The first-order valence-corrected chi connectivity index (χ1v) is 7.13. The molecule has 1 heterocycles. The summed E-state index contributed by atoms with van der Waals surface area (Å²) in [4.78, 5) is 26.1. The molecule has 0 radical (unpaired) electrons. The van der Waals surface area contributed by atoms with Crippen molar-refractivity contribution in [1.82, 2.24) is 0 Å². The minimum Gasteiger partial charge on any atom is -0.469 e. The van der Waals surface area contributed by atoms with Crippen LogP contribution < -0.4 is 4.90 Å². The van der Waals surface area contributed by atoms with Crippen LogP contribution >= 0.6 is 0 Å². The lowest BCUT2D eigenvalue weighted by molar-refractivity contribution is -0.140. The van der Waals surface area contributed by atoms with Crippen molar-refractivity contribution in [1.29, 1.82) is 0 Å². The van der Waals surface area contributed by atoms with E-state index in [2.05, 4.69) is 0 Å². The summed E-state index contributed by atoms with van der Waals surface area (Å²) in [5, 5.41) is 0. The Labute approximate surface area is 125 Å². The van der Waals surface area contributed by atoms with E-state index in [4.69, 9.17) is 4.74 Å². The molecule has 0 aliphatic carbocycles. The minimum atomic E-state index is -0.304. The van der Waals surface area contributed by atoms with Gasteiger partial charge in [-0.3, -0.25) is 9.59 Å². The summed E-state index contributed by atoms with van der Waals surface area (Å²) in [6.45, 7) is 5.93. The number of rotatable bonds is 4. The highest BCUT2D eigenvalue weighted by atomic mass is 16.5. The monoisotopic (exact) mass is 287 g/mol. The summed E-state index contributed by atoms with van der Waals surface area (Å²) in [5.74, 6) is -0.127. The van der Waals surface area contributed by atoms with Gasteiger partial charge in [0, 0.05) is 11.3 Å². The molecule has 112 valence electrons. The molecule has 4 nitrogen and oxygen atoms in total. The predicted octanol–water partition coefficient (Wildman–Crippen LogP) is 2.94. The van der Waals surface area contributed by atoms with Gasteiger partial charge in [0.25, 0.3) is 5.91 Å². The van der Waals surface area contributed by atoms with E-state index in [1.807, 2.05) is 51.1 Å². The van der Waals surface area contributed by atoms with Crippen molar-refractivity contribution < 1.29 is 14.3 Å². The van der Waals surface area contributed by atoms with E-state index in [1.54, 1.807) is 4.90 Å². The number of nitrogens with zero attached hydrogens (tertiary/aromatic N) is 1. The molecule has 0 saturated carbocycles. The number of para-hydroxylation sites is 1. The Morgan fingerprint density at radius 1 is 1.29 bits per heavy atom. The molecule has 0 bridgehead atoms. The van der Waals surface area contributed by atoms with Crippen molar-refractivity contribution in [2.45, 2.75) is 33.2 Å². The highest BCUT2D eigenvalue weighted by Gasteiger charge is 2.40. The molecule has 1 aromatic rings. The molecule has 0 fully saturated rings. The van der Waals surface area contributed by atoms with Gasteiger partial charge in [-0.05, 0) is 30.5 Å². The highest BCUT2D eigenvalue weighted by molar-refractivity contribution is 6.10. The topological polar surface area (TPSA) is 46.6 Å². The fourth-order valence-corrected chi connectivity index (χ4v) is 2.98. The van der Waals surface area contributed by atoms with Crippen LogP contribution in [0.1, 0.15) is 27.2 Å². The second kappa shape index (κ2) is 6.12. The Hall–Kier alpha value is -2.10. The normalized spacial score (nSPS) is 18.6. The molecule has 0 aromatic heterocycles. The lowest BCUT2D eigenvalue weighted by atomic mass is 9.92. The third-order valence-electron chi connectivity index (χ3n) is 3.89. The standard InChI is InChI=1S/C17H21NO3/c1-11(2)16-12(3)17(20)18(13-8-6-5-7-9-13)14(16)10-15(19)21-4/h5-9,11,14H,10H2,1-4H3. The molecule has 1 aliphatic rings. The van der Waals surface area contributed by atoms with Crippen molar-refractivity contribution in [2.75, 3.05) is 12.0 Å². The zero-order valence-electron chi connectivity index (χ0n) is 12.9. The molecule has 1 unspecified atom stereocenters. The van der Waals surface area contributed by atoms with Crippen molar-refractivity contribution in [3.05, 3.63) is 41.5 Å². The van der Waals surface area contributed by atoms with Crippen LogP contribution in [-0.2, 0) is 14.3 Å². The minimum absolute atomic E-state index is 0.0289. The van der Waals surface area contributed by atoms with Crippen LogP contribution in [0.4, 0.5) is 5.69 Å². The molecule has 0 N–H and O–H groups in total. The molecule has 0 saturated heterocycles. The zero-order valence-corrected chi connectivity index (χ0v) is 12.9. The largest absolute Gasteiger partial charge is 0.469 e. The van der Waals surface area contributed by atoms with Crippen LogP contribution in [0.15, 0.2) is 41.5 Å². The smallest absolute Gasteiger partial charge is 0.307 e. The summed E-state index contributed by atoms with van der Waals surface area (Å²) in [7, 11) is 1.37.